The number of pyridine rings is 1. The van der Waals surface area contributed by atoms with Gasteiger partial charge in [-0.1, -0.05) is 30.3 Å². The normalized spacial score (nSPS) is 35.0. The molecular weight excluding hydrogens is 332 g/mol. The molecule has 1 N–H and O–H groups in total. The molecule has 0 saturated heterocycles. The van der Waals surface area contributed by atoms with Gasteiger partial charge in [0, 0.05) is 12.4 Å². The van der Waals surface area contributed by atoms with Crippen LogP contribution in [0, 0.1) is 17.3 Å². The van der Waals surface area contributed by atoms with Crippen LogP contribution in [0.3, 0.4) is 0 Å². The van der Waals surface area contributed by atoms with Crippen LogP contribution in [0.25, 0.3) is 0 Å². The molecule has 4 bridgehead atoms. The number of hydrogen-bond acceptors (Lipinski definition) is 2. The topological polar surface area (TPSA) is 42.0 Å². The van der Waals surface area contributed by atoms with E-state index in [4.69, 9.17) is 0 Å². The first-order chi connectivity index (χ1) is 13.1. The van der Waals surface area contributed by atoms with Gasteiger partial charge in [0.1, 0.15) is 0 Å². The quantitative estimate of drug-likeness (QED) is 0.851. The summed E-state index contributed by atoms with van der Waals surface area (Å²) in [5.74, 6) is 1.68. The van der Waals surface area contributed by atoms with Crippen LogP contribution in [0.15, 0.2) is 54.9 Å². The molecule has 1 amide bonds. The lowest BCUT2D eigenvalue weighted by molar-refractivity contribution is -0.149. The second kappa shape index (κ2) is 6.19. The largest absolute Gasteiger partial charge is 0.349 e. The van der Waals surface area contributed by atoms with Crippen molar-refractivity contribution in [2.45, 2.75) is 56.9 Å². The van der Waals surface area contributed by atoms with E-state index < -0.39 is 0 Å². The van der Waals surface area contributed by atoms with Crippen LogP contribution in [0.2, 0.25) is 0 Å². The van der Waals surface area contributed by atoms with Crippen molar-refractivity contribution in [3.05, 3.63) is 66.0 Å². The van der Waals surface area contributed by atoms with E-state index in [2.05, 4.69) is 47.6 Å². The number of amides is 1. The summed E-state index contributed by atoms with van der Waals surface area (Å²) in [6, 6.07) is 15.0. The number of nitrogens with one attached hydrogen (secondary N) is 1. The second-order valence-corrected chi connectivity index (χ2v) is 9.36. The van der Waals surface area contributed by atoms with E-state index in [-0.39, 0.29) is 22.8 Å². The Balaban J connectivity index is 1.43. The zero-order chi connectivity index (χ0) is 18.5. The summed E-state index contributed by atoms with van der Waals surface area (Å²) in [4.78, 5) is 17.6. The molecule has 6 rings (SSSR count). The standard InChI is InChI=1S/C24H28N2O/c1-17(20-7-9-25-10-8-20)26-22(27)24-14-18-11-19(15-24)13-23(12-18,16-24)21-5-3-2-4-6-21/h2-10,17-19H,11-16H2,1H3,(H,26,27). The molecule has 1 aromatic carbocycles. The maximum Gasteiger partial charge on any atom is 0.226 e. The van der Waals surface area contributed by atoms with Crippen LogP contribution in [0.5, 0.6) is 0 Å². The van der Waals surface area contributed by atoms with Gasteiger partial charge in [-0.15, -0.1) is 0 Å². The summed E-state index contributed by atoms with van der Waals surface area (Å²) in [6.45, 7) is 2.08. The van der Waals surface area contributed by atoms with Crippen molar-refractivity contribution in [1.29, 1.82) is 0 Å². The van der Waals surface area contributed by atoms with Crippen molar-refractivity contribution >= 4 is 5.91 Å². The lowest BCUT2D eigenvalue weighted by atomic mass is 9.42. The van der Waals surface area contributed by atoms with E-state index in [0.717, 1.165) is 24.8 Å². The van der Waals surface area contributed by atoms with Crippen molar-refractivity contribution in [2.24, 2.45) is 17.3 Å². The highest BCUT2D eigenvalue weighted by molar-refractivity contribution is 5.84. The van der Waals surface area contributed by atoms with E-state index in [1.165, 1.54) is 24.8 Å². The third kappa shape index (κ3) is 2.79. The lowest BCUT2D eigenvalue weighted by Gasteiger charge is -2.61. The fourth-order valence-electron chi connectivity index (χ4n) is 6.74. The predicted octanol–water partition coefficient (Wildman–Crippen LogP) is 4.80. The highest BCUT2D eigenvalue weighted by Crippen LogP contribution is 2.65. The van der Waals surface area contributed by atoms with Crippen LogP contribution >= 0.6 is 0 Å². The van der Waals surface area contributed by atoms with Gasteiger partial charge in [-0.3, -0.25) is 9.78 Å². The lowest BCUT2D eigenvalue weighted by Crippen LogP contribution is -2.59. The van der Waals surface area contributed by atoms with Crippen LogP contribution in [0.1, 0.15) is 62.6 Å². The summed E-state index contributed by atoms with van der Waals surface area (Å²) < 4.78 is 0. The Morgan fingerprint density at radius 3 is 2.37 bits per heavy atom. The van der Waals surface area contributed by atoms with Crippen LogP contribution in [-0.2, 0) is 10.2 Å². The van der Waals surface area contributed by atoms with Crippen LogP contribution < -0.4 is 5.32 Å². The first kappa shape index (κ1) is 17.0. The monoisotopic (exact) mass is 360 g/mol. The van der Waals surface area contributed by atoms with Gasteiger partial charge in [-0.2, -0.15) is 0 Å². The van der Waals surface area contributed by atoms with Crippen molar-refractivity contribution in [3.63, 3.8) is 0 Å². The summed E-state index contributed by atoms with van der Waals surface area (Å²) in [7, 11) is 0. The predicted molar refractivity (Wildman–Crippen MR) is 106 cm³/mol. The van der Waals surface area contributed by atoms with Gasteiger partial charge in [-0.25, -0.2) is 0 Å². The minimum atomic E-state index is -0.179. The summed E-state index contributed by atoms with van der Waals surface area (Å²) in [5.41, 5.74) is 2.61. The van der Waals surface area contributed by atoms with Crippen molar-refractivity contribution < 1.29 is 4.79 Å². The molecule has 3 heteroatoms. The Hall–Kier alpha value is -2.16. The summed E-state index contributed by atoms with van der Waals surface area (Å²) in [6.07, 6.45) is 10.6. The molecule has 1 aromatic heterocycles. The van der Waals surface area contributed by atoms with Crippen molar-refractivity contribution in [1.82, 2.24) is 10.3 Å². The summed E-state index contributed by atoms with van der Waals surface area (Å²) >= 11 is 0. The maximum absolute atomic E-state index is 13.5. The average molecular weight is 361 g/mol. The number of hydrogen-bond donors (Lipinski definition) is 1. The fourth-order valence-corrected chi connectivity index (χ4v) is 6.74. The van der Waals surface area contributed by atoms with E-state index in [0.29, 0.717) is 11.8 Å². The Bertz CT molecular complexity index is 818. The first-order valence-electron chi connectivity index (χ1n) is 10.4. The van der Waals surface area contributed by atoms with Crippen LogP contribution in [0.4, 0.5) is 0 Å². The van der Waals surface area contributed by atoms with Gasteiger partial charge in [0.25, 0.3) is 0 Å². The van der Waals surface area contributed by atoms with Gasteiger partial charge in [-0.05, 0) is 86.0 Å². The first-order valence-corrected chi connectivity index (χ1v) is 10.4. The molecule has 0 radical (unpaired) electrons. The van der Waals surface area contributed by atoms with Gasteiger partial charge < -0.3 is 5.32 Å². The Morgan fingerprint density at radius 2 is 1.70 bits per heavy atom. The van der Waals surface area contributed by atoms with Gasteiger partial charge in [0.15, 0.2) is 0 Å². The van der Waals surface area contributed by atoms with Gasteiger partial charge >= 0.3 is 0 Å². The molecule has 3 nitrogen and oxygen atoms in total. The SMILES string of the molecule is CC(NC(=O)C12CC3CC(C1)CC(c1ccccc1)(C3)C2)c1ccncc1. The molecule has 0 spiro atoms. The zero-order valence-corrected chi connectivity index (χ0v) is 16.0. The van der Waals surface area contributed by atoms with E-state index in [1.807, 2.05) is 12.1 Å². The van der Waals surface area contributed by atoms with Crippen LogP contribution in [-0.4, -0.2) is 10.9 Å². The number of rotatable bonds is 4. The Kier molecular flexibility index (Phi) is 3.89. The molecule has 4 aliphatic carbocycles. The van der Waals surface area contributed by atoms with E-state index in [9.17, 15) is 4.79 Å². The maximum atomic E-state index is 13.5. The molecular formula is C24H28N2O. The molecule has 27 heavy (non-hydrogen) atoms. The molecule has 1 heterocycles. The molecule has 0 aliphatic heterocycles. The highest BCUT2D eigenvalue weighted by atomic mass is 16.2. The van der Waals surface area contributed by atoms with Gasteiger partial charge in [0.05, 0.1) is 11.5 Å². The van der Waals surface area contributed by atoms with Gasteiger partial charge in [0.2, 0.25) is 5.91 Å². The smallest absolute Gasteiger partial charge is 0.226 e. The zero-order valence-electron chi connectivity index (χ0n) is 16.0. The molecule has 4 saturated carbocycles. The number of benzene rings is 1. The molecule has 140 valence electrons. The number of carbonyl (C=O) groups excluding carboxylic acids is 1. The number of aromatic nitrogens is 1. The number of nitrogens with zero attached hydrogens (tertiary/aromatic N) is 1. The molecule has 4 fully saturated rings. The third-order valence-electron chi connectivity index (χ3n) is 7.48. The molecule has 3 unspecified atom stereocenters. The third-order valence-corrected chi connectivity index (χ3v) is 7.48. The highest BCUT2D eigenvalue weighted by Gasteiger charge is 2.60. The van der Waals surface area contributed by atoms with Crippen molar-refractivity contribution in [2.75, 3.05) is 0 Å². The minimum absolute atomic E-state index is 0.0289. The second-order valence-electron chi connectivity index (χ2n) is 9.36. The summed E-state index contributed by atoms with van der Waals surface area (Å²) in [5, 5.41) is 3.36. The molecule has 4 aliphatic rings. The Labute approximate surface area is 161 Å². The average Bonchev–Trinajstić information content (AvgIpc) is 2.68. The molecule has 2 aromatic rings. The molecule has 3 atom stereocenters. The minimum Gasteiger partial charge on any atom is -0.349 e. The van der Waals surface area contributed by atoms with E-state index >= 15 is 0 Å². The fraction of sp³-hybridized carbons (Fsp3) is 0.500. The Morgan fingerprint density at radius 1 is 1.04 bits per heavy atom. The number of carbonyl (C=O) groups is 1. The van der Waals surface area contributed by atoms with E-state index in [1.54, 1.807) is 12.4 Å². The van der Waals surface area contributed by atoms with Crippen molar-refractivity contribution in [3.8, 4) is 0 Å².